The third-order valence-electron chi connectivity index (χ3n) is 2.79. The van der Waals surface area contributed by atoms with E-state index in [9.17, 15) is 0 Å². The normalized spacial score (nSPS) is 10.4. The average molecular weight is 212 g/mol. The highest BCUT2D eigenvalue weighted by Crippen LogP contribution is 2.28. The quantitative estimate of drug-likeness (QED) is 0.713. The van der Waals surface area contributed by atoms with Gasteiger partial charge in [0, 0.05) is 0 Å². The number of nitrogens with two attached hydrogens (primary N) is 2. The Balaban J connectivity index is 2.58. The van der Waals surface area contributed by atoms with Crippen molar-refractivity contribution in [1.29, 1.82) is 0 Å². The lowest BCUT2D eigenvalue weighted by Gasteiger charge is -2.09. The Hall–Kier alpha value is -1.96. The maximum atomic E-state index is 5.82. The molecule has 0 bridgehead atoms. The molecule has 0 saturated carbocycles. The summed E-state index contributed by atoms with van der Waals surface area (Å²) in [5.41, 5.74) is 17.6. The van der Waals surface area contributed by atoms with Gasteiger partial charge in [-0.3, -0.25) is 0 Å². The van der Waals surface area contributed by atoms with Crippen LogP contribution in [0.25, 0.3) is 11.1 Å². The predicted octanol–water partition coefficient (Wildman–Crippen LogP) is 3.13. The van der Waals surface area contributed by atoms with Gasteiger partial charge >= 0.3 is 0 Å². The van der Waals surface area contributed by atoms with Gasteiger partial charge in [-0.15, -0.1) is 0 Å². The number of hydrogen-bond donors (Lipinski definition) is 2. The van der Waals surface area contributed by atoms with Gasteiger partial charge in [-0.2, -0.15) is 0 Å². The second kappa shape index (κ2) is 3.89. The van der Waals surface area contributed by atoms with E-state index >= 15 is 0 Å². The lowest BCUT2D eigenvalue weighted by Crippen LogP contribution is -1.95. The summed E-state index contributed by atoms with van der Waals surface area (Å²) in [6.45, 7) is 4.19. The van der Waals surface area contributed by atoms with E-state index in [4.69, 9.17) is 11.5 Å². The fourth-order valence-electron chi connectivity index (χ4n) is 1.79. The van der Waals surface area contributed by atoms with Crippen LogP contribution in [0.4, 0.5) is 11.4 Å². The van der Waals surface area contributed by atoms with Crippen LogP contribution in [0.15, 0.2) is 36.4 Å². The van der Waals surface area contributed by atoms with Crippen LogP contribution in [0.2, 0.25) is 0 Å². The molecule has 82 valence electrons. The van der Waals surface area contributed by atoms with Crippen molar-refractivity contribution in [2.45, 2.75) is 13.8 Å². The number of rotatable bonds is 1. The molecule has 0 unspecified atom stereocenters. The molecule has 2 nitrogen and oxygen atoms in total. The average Bonchev–Trinajstić information content (AvgIpc) is 2.26. The van der Waals surface area contributed by atoms with Crippen LogP contribution in [0.5, 0.6) is 0 Å². The van der Waals surface area contributed by atoms with E-state index in [0.29, 0.717) is 11.4 Å². The summed E-state index contributed by atoms with van der Waals surface area (Å²) in [4.78, 5) is 0. The van der Waals surface area contributed by atoms with E-state index in [1.807, 2.05) is 18.2 Å². The molecule has 0 radical (unpaired) electrons. The number of aryl methyl sites for hydroxylation is 2. The second-order valence-corrected chi connectivity index (χ2v) is 4.16. The zero-order valence-electron chi connectivity index (χ0n) is 9.62. The fraction of sp³-hybridized carbons (Fsp3) is 0.143. The van der Waals surface area contributed by atoms with Gasteiger partial charge in [0.15, 0.2) is 0 Å². The zero-order valence-corrected chi connectivity index (χ0v) is 9.62. The van der Waals surface area contributed by atoms with Gasteiger partial charge in [-0.25, -0.2) is 0 Å². The number of benzene rings is 2. The third kappa shape index (κ3) is 1.87. The lowest BCUT2D eigenvalue weighted by molar-refractivity contribution is 1.39. The van der Waals surface area contributed by atoms with Crippen LogP contribution in [0.1, 0.15) is 11.1 Å². The first-order valence-corrected chi connectivity index (χ1v) is 5.30. The molecular weight excluding hydrogens is 196 g/mol. The Morgan fingerprint density at radius 1 is 0.812 bits per heavy atom. The van der Waals surface area contributed by atoms with Gasteiger partial charge in [0.1, 0.15) is 0 Å². The van der Waals surface area contributed by atoms with Crippen LogP contribution in [0.3, 0.4) is 0 Å². The maximum Gasteiger partial charge on any atom is 0.0554 e. The number of nitrogen functional groups attached to an aromatic ring is 2. The summed E-state index contributed by atoms with van der Waals surface area (Å²) in [7, 11) is 0. The summed E-state index contributed by atoms with van der Waals surface area (Å²) >= 11 is 0. The Kier molecular flexibility index (Phi) is 2.57. The van der Waals surface area contributed by atoms with Crippen molar-refractivity contribution in [3.05, 3.63) is 47.5 Å². The highest BCUT2D eigenvalue weighted by atomic mass is 14.7. The van der Waals surface area contributed by atoms with Crippen molar-refractivity contribution in [1.82, 2.24) is 0 Å². The molecule has 0 spiro atoms. The molecule has 0 atom stereocenters. The minimum absolute atomic E-state index is 0.633. The van der Waals surface area contributed by atoms with Gasteiger partial charge < -0.3 is 11.5 Å². The summed E-state index contributed by atoms with van der Waals surface area (Å²) in [5, 5.41) is 0. The van der Waals surface area contributed by atoms with E-state index < -0.39 is 0 Å². The topological polar surface area (TPSA) is 52.0 Å². The summed E-state index contributed by atoms with van der Waals surface area (Å²) < 4.78 is 0. The van der Waals surface area contributed by atoms with Crippen molar-refractivity contribution in [3.63, 3.8) is 0 Å². The van der Waals surface area contributed by atoms with Crippen LogP contribution in [-0.4, -0.2) is 0 Å². The molecule has 16 heavy (non-hydrogen) atoms. The van der Waals surface area contributed by atoms with Gasteiger partial charge in [0.2, 0.25) is 0 Å². The molecule has 4 N–H and O–H groups in total. The van der Waals surface area contributed by atoms with Crippen molar-refractivity contribution in [3.8, 4) is 11.1 Å². The van der Waals surface area contributed by atoms with Gasteiger partial charge in [-0.1, -0.05) is 29.8 Å². The number of hydrogen-bond acceptors (Lipinski definition) is 2. The van der Waals surface area contributed by atoms with Crippen molar-refractivity contribution in [2.24, 2.45) is 0 Å². The molecule has 2 heteroatoms. The van der Waals surface area contributed by atoms with Crippen molar-refractivity contribution < 1.29 is 0 Å². The van der Waals surface area contributed by atoms with E-state index in [2.05, 4.69) is 32.0 Å². The van der Waals surface area contributed by atoms with Crippen LogP contribution >= 0.6 is 0 Å². The summed E-state index contributed by atoms with van der Waals surface area (Å²) in [6.07, 6.45) is 0. The minimum Gasteiger partial charge on any atom is -0.397 e. The molecular formula is C14H16N2. The second-order valence-electron chi connectivity index (χ2n) is 4.16. The monoisotopic (exact) mass is 212 g/mol. The molecule has 0 aromatic heterocycles. The summed E-state index contributed by atoms with van der Waals surface area (Å²) in [6, 6.07) is 12.2. The molecule has 0 fully saturated rings. The standard InChI is InChI=1S/C14H16N2/c1-9-3-4-10(2)12(7-9)11-5-6-13(15)14(16)8-11/h3-8H,15-16H2,1-2H3. The first kappa shape index (κ1) is 10.6. The fourth-order valence-corrected chi connectivity index (χ4v) is 1.79. The van der Waals surface area contributed by atoms with E-state index in [1.165, 1.54) is 16.7 Å². The SMILES string of the molecule is Cc1ccc(C)c(-c2ccc(N)c(N)c2)c1. The smallest absolute Gasteiger partial charge is 0.0554 e. The molecule has 0 aliphatic carbocycles. The minimum atomic E-state index is 0.633. The van der Waals surface area contributed by atoms with Gasteiger partial charge in [-0.05, 0) is 42.7 Å². The predicted molar refractivity (Wildman–Crippen MR) is 70.2 cm³/mol. The Morgan fingerprint density at radius 3 is 2.25 bits per heavy atom. The van der Waals surface area contributed by atoms with Crippen molar-refractivity contribution in [2.75, 3.05) is 11.5 Å². The highest BCUT2D eigenvalue weighted by molar-refractivity contribution is 5.76. The molecule has 2 aromatic rings. The molecule has 0 aliphatic rings. The Labute approximate surface area is 95.9 Å². The first-order valence-electron chi connectivity index (χ1n) is 5.30. The molecule has 2 aromatic carbocycles. The Bertz CT molecular complexity index is 530. The highest BCUT2D eigenvalue weighted by Gasteiger charge is 2.03. The van der Waals surface area contributed by atoms with Gasteiger partial charge in [0.05, 0.1) is 11.4 Å². The molecule has 0 amide bonds. The largest absolute Gasteiger partial charge is 0.397 e. The van der Waals surface area contributed by atoms with E-state index in [-0.39, 0.29) is 0 Å². The molecule has 0 saturated heterocycles. The van der Waals surface area contributed by atoms with Crippen molar-refractivity contribution >= 4 is 11.4 Å². The first-order chi connectivity index (χ1) is 7.58. The summed E-state index contributed by atoms with van der Waals surface area (Å²) in [5.74, 6) is 0. The Morgan fingerprint density at radius 2 is 1.56 bits per heavy atom. The molecule has 2 rings (SSSR count). The molecule has 0 heterocycles. The van der Waals surface area contributed by atoms with Crippen LogP contribution < -0.4 is 11.5 Å². The third-order valence-corrected chi connectivity index (χ3v) is 2.79. The molecule has 0 aliphatic heterocycles. The lowest BCUT2D eigenvalue weighted by atomic mass is 9.98. The van der Waals surface area contributed by atoms with Gasteiger partial charge in [0.25, 0.3) is 0 Å². The van der Waals surface area contributed by atoms with E-state index in [0.717, 1.165) is 5.56 Å². The van der Waals surface area contributed by atoms with E-state index in [1.54, 1.807) is 0 Å². The van der Waals surface area contributed by atoms with Crippen LogP contribution in [0, 0.1) is 13.8 Å². The number of anilines is 2. The zero-order chi connectivity index (χ0) is 11.7. The van der Waals surface area contributed by atoms with Crippen LogP contribution in [-0.2, 0) is 0 Å². The maximum absolute atomic E-state index is 5.82.